The zero-order valence-electron chi connectivity index (χ0n) is 7.89. The summed E-state index contributed by atoms with van der Waals surface area (Å²) in [6.45, 7) is 0. The summed E-state index contributed by atoms with van der Waals surface area (Å²) in [5, 5.41) is 1.72. The van der Waals surface area contributed by atoms with Crippen molar-refractivity contribution in [3.63, 3.8) is 0 Å². The number of aromatic nitrogens is 1. The molecule has 0 bridgehead atoms. The van der Waals surface area contributed by atoms with Crippen LogP contribution in [0.3, 0.4) is 0 Å². The van der Waals surface area contributed by atoms with Crippen molar-refractivity contribution in [3.05, 3.63) is 23.9 Å². The molecule has 78 valence electrons. The SMILES string of the molecule is CSC(=O)C(=O)c1cccc(NC=O)n1. The third kappa shape index (κ3) is 2.88. The van der Waals surface area contributed by atoms with Crippen molar-refractivity contribution in [2.45, 2.75) is 0 Å². The summed E-state index contributed by atoms with van der Waals surface area (Å²) in [6.07, 6.45) is 1.97. The van der Waals surface area contributed by atoms with Crippen LogP contribution >= 0.6 is 11.8 Å². The van der Waals surface area contributed by atoms with Crippen LogP contribution in [-0.4, -0.2) is 28.5 Å². The van der Waals surface area contributed by atoms with Gasteiger partial charge in [0, 0.05) is 0 Å². The summed E-state index contributed by atoms with van der Waals surface area (Å²) in [6, 6.07) is 4.49. The lowest BCUT2D eigenvalue weighted by Crippen LogP contribution is -2.12. The Hall–Kier alpha value is -1.69. The van der Waals surface area contributed by atoms with Crippen molar-refractivity contribution in [1.82, 2.24) is 4.98 Å². The quantitative estimate of drug-likeness (QED) is 0.463. The Kier molecular flexibility index (Phi) is 3.99. The first-order valence-electron chi connectivity index (χ1n) is 3.99. The van der Waals surface area contributed by atoms with Crippen LogP contribution in [0, 0.1) is 0 Å². The maximum Gasteiger partial charge on any atom is 0.261 e. The van der Waals surface area contributed by atoms with E-state index < -0.39 is 10.9 Å². The van der Waals surface area contributed by atoms with Crippen LogP contribution in [0.15, 0.2) is 18.2 Å². The second-order valence-corrected chi connectivity index (χ2v) is 3.27. The van der Waals surface area contributed by atoms with E-state index >= 15 is 0 Å². The third-order valence-corrected chi connectivity index (χ3v) is 2.12. The highest BCUT2D eigenvalue weighted by Gasteiger charge is 2.16. The molecule has 6 heteroatoms. The van der Waals surface area contributed by atoms with Crippen molar-refractivity contribution < 1.29 is 14.4 Å². The van der Waals surface area contributed by atoms with Gasteiger partial charge in [-0.25, -0.2) is 4.98 Å². The van der Waals surface area contributed by atoms with E-state index in [1.54, 1.807) is 6.07 Å². The van der Waals surface area contributed by atoms with E-state index in [1.807, 2.05) is 0 Å². The van der Waals surface area contributed by atoms with E-state index in [1.165, 1.54) is 18.4 Å². The van der Waals surface area contributed by atoms with Crippen molar-refractivity contribution in [3.8, 4) is 0 Å². The summed E-state index contributed by atoms with van der Waals surface area (Å²) in [5.74, 6) is -0.429. The fourth-order valence-electron chi connectivity index (χ4n) is 0.899. The molecule has 15 heavy (non-hydrogen) atoms. The molecule has 0 spiro atoms. The first-order valence-corrected chi connectivity index (χ1v) is 5.21. The zero-order chi connectivity index (χ0) is 11.3. The van der Waals surface area contributed by atoms with Crippen LogP contribution in [0.4, 0.5) is 5.82 Å². The molecule has 1 rings (SSSR count). The molecule has 0 fully saturated rings. The molecular formula is C9H8N2O3S. The van der Waals surface area contributed by atoms with Gasteiger partial charge in [0.15, 0.2) is 0 Å². The largest absolute Gasteiger partial charge is 0.313 e. The molecule has 0 unspecified atom stereocenters. The number of anilines is 1. The number of thioether (sulfide) groups is 1. The average molecular weight is 224 g/mol. The van der Waals surface area contributed by atoms with Crippen LogP contribution in [0.1, 0.15) is 10.5 Å². The molecule has 1 amide bonds. The van der Waals surface area contributed by atoms with E-state index in [9.17, 15) is 14.4 Å². The predicted molar refractivity (Wildman–Crippen MR) is 56.8 cm³/mol. The predicted octanol–water partition coefficient (Wildman–Crippen LogP) is 0.722. The van der Waals surface area contributed by atoms with Gasteiger partial charge in [0.1, 0.15) is 11.5 Å². The minimum atomic E-state index is -0.669. The number of Topliss-reactive ketones (excluding diaryl/α,β-unsaturated/α-hetero) is 1. The Morgan fingerprint density at radius 2 is 2.20 bits per heavy atom. The molecule has 0 saturated carbocycles. The number of ketones is 1. The molecule has 0 radical (unpaired) electrons. The standard InChI is InChI=1S/C9H8N2O3S/c1-15-9(14)8(13)6-3-2-4-7(11-6)10-5-12/h2-5H,1H3,(H,10,11,12). The number of carbonyl (C=O) groups is 3. The summed E-state index contributed by atoms with van der Waals surface area (Å²) >= 11 is 0.829. The number of hydrogen-bond donors (Lipinski definition) is 1. The van der Waals surface area contributed by atoms with Gasteiger partial charge < -0.3 is 5.32 Å². The molecule has 1 heterocycles. The molecule has 0 aliphatic carbocycles. The molecule has 0 atom stereocenters. The van der Waals surface area contributed by atoms with Crippen molar-refractivity contribution in [2.24, 2.45) is 0 Å². The van der Waals surface area contributed by atoms with Gasteiger partial charge in [-0.05, 0) is 18.4 Å². The minimum Gasteiger partial charge on any atom is -0.313 e. The number of carbonyl (C=O) groups excluding carboxylic acids is 3. The normalized spacial score (nSPS) is 9.40. The Bertz CT molecular complexity index is 406. The topological polar surface area (TPSA) is 76.1 Å². The van der Waals surface area contributed by atoms with Gasteiger partial charge in [0.05, 0.1) is 0 Å². The van der Waals surface area contributed by atoms with Gasteiger partial charge in [0.25, 0.3) is 10.9 Å². The Balaban J connectivity index is 2.94. The van der Waals surface area contributed by atoms with Gasteiger partial charge in [-0.3, -0.25) is 14.4 Å². The molecule has 0 aliphatic rings. The molecule has 5 nitrogen and oxygen atoms in total. The van der Waals surface area contributed by atoms with Crippen LogP contribution in [0.5, 0.6) is 0 Å². The molecule has 1 aromatic rings. The third-order valence-electron chi connectivity index (χ3n) is 1.56. The van der Waals surface area contributed by atoms with Gasteiger partial charge in [-0.2, -0.15) is 0 Å². The minimum absolute atomic E-state index is 0.0289. The first-order chi connectivity index (χ1) is 7.19. The van der Waals surface area contributed by atoms with E-state index in [2.05, 4.69) is 10.3 Å². The maximum absolute atomic E-state index is 11.4. The van der Waals surface area contributed by atoms with Crippen molar-refractivity contribution in [2.75, 3.05) is 11.6 Å². The average Bonchev–Trinajstić information content (AvgIpc) is 2.28. The van der Waals surface area contributed by atoms with E-state index in [0.29, 0.717) is 6.41 Å². The van der Waals surface area contributed by atoms with Crippen molar-refractivity contribution in [1.29, 1.82) is 0 Å². The van der Waals surface area contributed by atoms with E-state index in [4.69, 9.17) is 0 Å². The number of rotatable bonds is 4. The zero-order valence-corrected chi connectivity index (χ0v) is 8.71. The number of pyridine rings is 1. The highest BCUT2D eigenvalue weighted by Crippen LogP contribution is 2.08. The highest BCUT2D eigenvalue weighted by atomic mass is 32.2. The summed E-state index contributed by atoms with van der Waals surface area (Å²) in [4.78, 5) is 36.4. The fraction of sp³-hybridized carbons (Fsp3) is 0.111. The molecule has 0 aromatic carbocycles. The van der Waals surface area contributed by atoms with Crippen LogP contribution in [-0.2, 0) is 9.59 Å². The smallest absolute Gasteiger partial charge is 0.261 e. The molecular weight excluding hydrogens is 216 g/mol. The second-order valence-electron chi connectivity index (χ2n) is 2.49. The van der Waals surface area contributed by atoms with E-state index in [-0.39, 0.29) is 11.5 Å². The van der Waals surface area contributed by atoms with Gasteiger partial charge in [-0.1, -0.05) is 17.8 Å². The summed E-state index contributed by atoms with van der Waals surface area (Å²) in [7, 11) is 0. The molecule has 1 aromatic heterocycles. The molecule has 0 aliphatic heterocycles. The number of nitrogens with one attached hydrogen (secondary N) is 1. The number of nitrogens with zero attached hydrogens (tertiary/aromatic N) is 1. The van der Waals surface area contributed by atoms with Gasteiger partial charge >= 0.3 is 0 Å². The monoisotopic (exact) mass is 224 g/mol. The summed E-state index contributed by atoms with van der Waals surface area (Å²) in [5.41, 5.74) is 0.0289. The molecule has 0 saturated heterocycles. The number of hydrogen-bond acceptors (Lipinski definition) is 5. The van der Waals surface area contributed by atoms with Crippen LogP contribution in [0.2, 0.25) is 0 Å². The Labute approximate surface area is 90.3 Å². The highest BCUT2D eigenvalue weighted by molar-refractivity contribution is 8.14. The lowest BCUT2D eigenvalue weighted by molar-refractivity contribution is -0.107. The fourth-order valence-corrected chi connectivity index (χ4v) is 1.19. The van der Waals surface area contributed by atoms with Crippen LogP contribution in [0.25, 0.3) is 0 Å². The maximum atomic E-state index is 11.4. The lowest BCUT2D eigenvalue weighted by atomic mass is 10.2. The van der Waals surface area contributed by atoms with Gasteiger partial charge in [0.2, 0.25) is 6.41 Å². The van der Waals surface area contributed by atoms with Crippen LogP contribution < -0.4 is 5.32 Å². The Morgan fingerprint density at radius 3 is 2.80 bits per heavy atom. The second kappa shape index (κ2) is 5.26. The van der Waals surface area contributed by atoms with Crippen molar-refractivity contribution >= 4 is 34.9 Å². The lowest BCUT2D eigenvalue weighted by Gasteiger charge is -2.00. The van der Waals surface area contributed by atoms with E-state index in [0.717, 1.165) is 11.8 Å². The number of amides is 1. The first kappa shape index (κ1) is 11.4. The molecule has 1 N–H and O–H groups in total. The van der Waals surface area contributed by atoms with Gasteiger partial charge in [-0.15, -0.1) is 0 Å². The Morgan fingerprint density at radius 1 is 1.47 bits per heavy atom. The summed E-state index contributed by atoms with van der Waals surface area (Å²) < 4.78 is 0.